The highest BCUT2D eigenvalue weighted by Crippen LogP contribution is 2.21. The molecule has 1 aromatic heterocycles. The number of para-hydroxylation sites is 1. The van der Waals surface area contributed by atoms with Gasteiger partial charge in [-0.1, -0.05) is 54.6 Å². The molecule has 5 heteroatoms. The molecule has 0 atom stereocenters. The zero-order valence-electron chi connectivity index (χ0n) is 13.7. The molecule has 4 nitrogen and oxygen atoms in total. The highest BCUT2D eigenvalue weighted by Gasteiger charge is 2.15. The SMILES string of the molecule is O=c1c2ccccc2nc(-c2ccccc2F)n1N=Cc1ccccc1. The molecule has 0 radical (unpaired) electrons. The van der Waals surface area contributed by atoms with Crippen LogP contribution in [0, 0.1) is 5.82 Å². The Bertz CT molecular complexity index is 1170. The molecular weight excluding hydrogens is 329 g/mol. The maximum Gasteiger partial charge on any atom is 0.282 e. The molecule has 4 aromatic rings. The van der Waals surface area contributed by atoms with Gasteiger partial charge in [-0.05, 0) is 29.8 Å². The van der Waals surface area contributed by atoms with Crippen molar-refractivity contribution in [1.29, 1.82) is 0 Å². The van der Waals surface area contributed by atoms with Crippen molar-refractivity contribution in [1.82, 2.24) is 9.66 Å². The van der Waals surface area contributed by atoms with Crippen molar-refractivity contribution in [3.63, 3.8) is 0 Å². The Hall–Kier alpha value is -3.60. The van der Waals surface area contributed by atoms with Crippen LogP contribution in [0.4, 0.5) is 4.39 Å². The van der Waals surface area contributed by atoms with Crippen LogP contribution in [0.5, 0.6) is 0 Å². The van der Waals surface area contributed by atoms with Crippen molar-refractivity contribution in [3.8, 4) is 11.4 Å². The highest BCUT2D eigenvalue weighted by molar-refractivity contribution is 5.82. The Kier molecular flexibility index (Phi) is 4.11. The zero-order valence-corrected chi connectivity index (χ0v) is 13.7. The third-order valence-corrected chi connectivity index (χ3v) is 3.99. The van der Waals surface area contributed by atoms with Crippen molar-refractivity contribution in [3.05, 3.63) is 101 Å². The molecule has 0 aliphatic heterocycles. The largest absolute Gasteiger partial charge is 0.282 e. The van der Waals surface area contributed by atoms with Gasteiger partial charge in [-0.2, -0.15) is 9.78 Å². The van der Waals surface area contributed by atoms with Crippen LogP contribution in [0.15, 0.2) is 88.8 Å². The molecule has 0 aliphatic carbocycles. The first-order valence-electron chi connectivity index (χ1n) is 8.10. The van der Waals surface area contributed by atoms with Crippen LogP contribution >= 0.6 is 0 Å². The normalized spacial score (nSPS) is 11.3. The van der Waals surface area contributed by atoms with E-state index >= 15 is 0 Å². The van der Waals surface area contributed by atoms with Crippen LogP contribution in [0.1, 0.15) is 5.56 Å². The number of hydrogen-bond acceptors (Lipinski definition) is 3. The number of halogens is 1. The fourth-order valence-corrected chi connectivity index (χ4v) is 2.71. The third-order valence-electron chi connectivity index (χ3n) is 3.99. The molecule has 0 amide bonds. The molecule has 0 fully saturated rings. The summed E-state index contributed by atoms with van der Waals surface area (Å²) in [5, 5.41) is 4.72. The average molecular weight is 343 g/mol. The molecule has 0 spiro atoms. The molecule has 0 saturated heterocycles. The van der Waals surface area contributed by atoms with Crippen LogP contribution in [0.2, 0.25) is 0 Å². The summed E-state index contributed by atoms with van der Waals surface area (Å²) in [6, 6.07) is 22.6. The number of fused-ring (bicyclic) bond motifs is 1. The topological polar surface area (TPSA) is 47.2 Å². The predicted octanol–water partition coefficient (Wildman–Crippen LogP) is 4.08. The fraction of sp³-hybridized carbons (Fsp3) is 0. The van der Waals surface area contributed by atoms with Crippen molar-refractivity contribution in [2.45, 2.75) is 0 Å². The second-order valence-electron chi connectivity index (χ2n) is 5.70. The first-order valence-corrected chi connectivity index (χ1v) is 8.10. The van der Waals surface area contributed by atoms with Crippen LogP contribution in [0.25, 0.3) is 22.3 Å². The molecule has 0 unspecified atom stereocenters. The van der Waals surface area contributed by atoms with E-state index in [1.54, 1.807) is 48.7 Å². The van der Waals surface area contributed by atoms with Crippen molar-refractivity contribution < 1.29 is 4.39 Å². The van der Waals surface area contributed by atoms with E-state index in [0.29, 0.717) is 10.9 Å². The number of rotatable bonds is 3. The highest BCUT2D eigenvalue weighted by atomic mass is 19.1. The van der Waals surface area contributed by atoms with Crippen LogP contribution in [-0.4, -0.2) is 15.9 Å². The summed E-state index contributed by atoms with van der Waals surface area (Å²) in [6.07, 6.45) is 1.56. The Balaban J connectivity index is 1.99. The number of benzene rings is 3. The minimum absolute atomic E-state index is 0.166. The fourth-order valence-electron chi connectivity index (χ4n) is 2.71. The van der Waals surface area contributed by atoms with Gasteiger partial charge in [0.15, 0.2) is 5.82 Å². The van der Waals surface area contributed by atoms with Gasteiger partial charge < -0.3 is 0 Å². The average Bonchev–Trinajstić information content (AvgIpc) is 2.68. The van der Waals surface area contributed by atoms with Gasteiger partial charge in [0.1, 0.15) is 5.82 Å². The molecular formula is C21H14FN3O. The molecule has 3 aromatic carbocycles. The molecule has 0 saturated carbocycles. The molecule has 0 N–H and O–H groups in total. The van der Waals surface area contributed by atoms with Gasteiger partial charge in [0.05, 0.1) is 22.7 Å². The molecule has 0 bridgehead atoms. The van der Waals surface area contributed by atoms with Crippen molar-refractivity contribution >= 4 is 17.1 Å². The summed E-state index contributed by atoms with van der Waals surface area (Å²) >= 11 is 0. The van der Waals surface area contributed by atoms with E-state index in [-0.39, 0.29) is 16.9 Å². The smallest absolute Gasteiger partial charge is 0.267 e. The maximum atomic E-state index is 14.3. The minimum atomic E-state index is -0.460. The lowest BCUT2D eigenvalue weighted by atomic mass is 10.2. The van der Waals surface area contributed by atoms with Gasteiger partial charge >= 0.3 is 0 Å². The Morgan fingerprint density at radius 1 is 0.885 bits per heavy atom. The van der Waals surface area contributed by atoms with Gasteiger partial charge in [0.25, 0.3) is 5.56 Å². The van der Waals surface area contributed by atoms with Gasteiger partial charge in [0, 0.05) is 0 Å². The summed E-state index contributed by atoms with van der Waals surface area (Å²) in [7, 11) is 0. The van der Waals surface area contributed by atoms with Crippen molar-refractivity contribution in [2.75, 3.05) is 0 Å². The first-order chi connectivity index (χ1) is 12.7. The van der Waals surface area contributed by atoms with Gasteiger partial charge in [-0.3, -0.25) is 4.79 Å². The number of nitrogens with zero attached hydrogens (tertiary/aromatic N) is 3. The van der Waals surface area contributed by atoms with E-state index in [1.165, 1.54) is 6.07 Å². The summed E-state index contributed by atoms with van der Waals surface area (Å²) < 4.78 is 15.5. The summed E-state index contributed by atoms with van der Waals surface area (Å²) in [4.78, 5) is 17.4. The Morgan fingerprint density at radius 2 is 1.58 bits per heavy atom. The minimum Gasteiger partial charge on any atom is -0.267 e. The summed E-state index contributed by atoms with van der Waals surface area (Å²) in [5.41, 5.74) is 1.20. The zero-order chi connectivity index (χ0) is 17.9. The third kappa shape index (κ3) is 2.91. The lowest BCUT2D eigenvalue weighted by molar-refractivity contribution is 0.627. The molecule has 4 rings (SSSR count). The number of hydrogen-bond donors (Lipinski definition) is 0. The lowest BCUT2D eigenvalue weighted by Gasteiger charge is -2.10. The Labute approximate surface area is 148 Å². The van der Waals surface area contributed by atoms with Gasteiger partial charge in [0.2, 0.25) is 0 Å². The molecule has 0 aliphatic rings. The monoisotopic (exact) mass is 343 g/mol. The quantitative estimate of drug-likeness (QED) is 0.526. The van der Waals surface area contributed by atoms with Crippen LogP contribution in [0.3, 0.4) is 0 Å². The first kappa shape index (κ1) is 15.9. The van der Waals surface area contributed by atoms with Crippen molar-refractivity contribution in [2.24, 2.45) is 5.10 Å². The van der Waals surface area contributed by atoms with E-state index in [9.17, 15) is 9.18 Å². The lowest BCUT2D eigenvalue weighted by Crippen LogP contribution is -2.20. The summed E-state index contributed by atoms with van der Waals surface area (Å²) in [5.74, 6) is -0.294. The van der Waals surface area contributed by atoms with E-state index in [4.69, 9.17) is 0 Å². The Morgan fingerprint density at radius 3 is 2.38 bits per heavy atom. The van der Waals surface area contributed by atoms with E-state index < -0.39 is 5.82 Å². The molecule has 1 heterocycles. The van der Waals surface area contributed by atoms with Crippen LogP contribution < -0.4 is 5.56 Å². The van der Waals surface area contributed by atoms with Crippen LogP contribution in [-0.2, 0) is 0 Å². The van der Waals surface area contributed by atoms with Gasteiger partial charge in [-0.15, -0.1) is 0 Å². The van der Waals surface area contributed by atoms with E-state index in [2.05, 4.69) is 10.1 Å². The molecule has 126 valence electrons. The van der Waals surface area contributed by atoms with E-state index in [0.717, 1.165) is 10.2 Å². The van der Waals surface area contributed by atoms with E-state index in [1.807, 2.05) is 30.3 Å². The second-order valence-corrected chi connectivity index (χ2v) is 5.70. The standard InChI is InChI=1S/C21H14FN3O/c22-18-12-6-4-10-16(18)20-24-19-13-7-5-11-17(19)21(26)25(20)23-14-15-8-2-1-3-9-15/h1-14H. The second kappa shape index (κ2) is 6.72. The number of aromatic nitrogens is 2. The maximum absolute atomic E-state index is 14.3. The molecule has 26 heavy (non-hydrogen) atoms. The predicted molar refractivity (Wildman–Crippen MR) is 101 cm³/mol. The van der Waals surface area contributed by atoms with Gasteiger partial charge in [-0.25, -0.2) is 9.37 Å². The summed E-state index contributed by atoms with van der Waals surface area (Å²) in [6.45, 7) is 0.